The number of nitrogens with zero attached hydrogens (tertiary/aromatic N) is 2. The van der Waals surface area contributed by atoms with Gasteiger partial charge in [0.25, 0.3) is 0 Å². The van der Waals surface area contributed by atoms with Gasteiger partial charge in [-0.3, -0.25) is 0 Å². The Kier molecular flexibility index (Phi) is 8.33. The average molecular weight is 741 g/mol. The lowest BCUT2D eigenvalue weighted by molar-refractivity contribution is 0.968. The molecule has 0 fully saturated rings. The van der Waals surface area contributed by atoms with Crippen molar-refractivity contribution in [1.82, 2.24) is 4.57 Å². The Hall–Kier alpha value is -7.42. The number of hydrogen-bond acceptors (Lipinski definition) is 1. The van der Waals surface area contributed by atoms with Gasteiger partial charge in [-0.2, -0.15) is 0 Å². The minimum atomic E-state index is 1.02. The van der Waals surface area contributed by atoms with Crippen molar-refractivity contribution in [1.29, 1.82) is 0 Å². The van der Waals surface area contributed by atoms with Crippen molar-refractivity contribution < 1.29 is 0 Å². The third kappa shape index (κ3) is 5.81. The van der Waals surface area contributed by atoms with Crippen LogP contribution in [0.5, 0.6) is 0 Å². The smallest absolute Gasteiger partial charge is 0.0543 e. The minimum absolute atomic E-state index is 1.02. The molecule has 58 heavy (non-hydrogen) atoms. The van der Waals surface area contributed by atoms with Gasteiger partial charge < -0.3 is 9.47 Å². The predicted molar refractivity (Wildman–Crippen MR) is 247 cm³/mol. The first-order valence-electron chi connectivity index (χ1n) is 20.2. The summed E-state index contributed by atoms with van der Waals surface area (Å²) in [5, 5.41) is 6.35. The highest BCUT2D eigenvalue weighted by Crippen LogP contribution is 2.43. The fourth-order valence-corrected chi connectivity index (χ4v) is 9.18. The summed E-state index contributed by atoms with van der Waals surface area (Å²) in [4.78, 5) is 2.42. The van der Waals surface area contributed by atoms with Crippen LogP contribution in [0, 0.1) is 0 Å². The number of aryl methyl sites for hydroxylation is 1. The lowest BCUT2D eigenvalue weighted by Crippen LogP contribution is -2.10. The largest absolute Gasteiger partial charge is 0.310 e. The molecule has 1 aliphatic carbocycles. The van der Waals surface area contributed by atoms with Crippen molar-refractivity contribution in [3.8, 4) is 39.1 Å². The molecule has 1 aliphatic rings. The van der Waals surface area contributed by atoms with Crippen molar-refractivity contribution in [3.05, 3.63) is 224 Å². The van der Waals surface area contributed by atoms with E-state index in [-0.39, 0.29) is 0 Å². The zero-order chi connectivity index (χ0) is 38.4. The zero-order valence-corrected chi connectivity index (χ0v) is 32.1. The maximum Gasteiger partial charge on any atom is 0.0543 e. The molecule has 0 amide bonds. The fourth-order valence-electron chi connectivity index (χ4n) is 9.18. The molecule has 0 radical (unpaired) electrons. The number of fused-ring (bicyclic) bond motifs is 6. The van der Waals surface area contributed by atoms with Crippen LogP contribution in [-0.4, -0.2) is 4.57 Å². The summed E-state index contributed by atoms with van der Waals surface area (Å²) >= 11 is 0. The van der Waals surface area contributed by atoms with Gasteiger partial charge in [-0.05, 0) is 134 Å². The standard InChI is InChI=1S/C56H40N2/c1-3-15-39(16-4-1)48-23-9-10-24-50(48)41-31-33-45(34-32-41)57(47-35-36-51-43(38-47)30-29-40-17-7-8-22-49(40)51)46-21-13-18-42(37-46)52-26-14-28-55-56(52)53-25-11-12-27-54(53)58(55)44-19-5-2-6-20-44/h1-10,12-24,26-38H,11,25H2. The summed E-state index contributed by atoms with van der Waals surface area (Å²) in [6, 6.07) is 75.3. The molecule has 0 aliphatic heterocycles. The minimum Gasteiger partial charge on any atom is -0.310 e. The second-order valence-corrected chi connectivity index (χ2v) is 15.2. The third-order valence-corrected chi connectivity index (χ3v) is 11.8. The van der Waals surface area contributed by atoms with E-state index in [1.165, 1.54) is 82.8 Å². The van der Waals surface area contributed by atoms with Crippen LogP contribution in [0.15, 0.2) is 212 Å². The number of allylic oxidation sites excluding steroid dienone is 1. The number of hydrogen-bond donors (Lipinski definition) is 0. The summed E-state index contributed by atoms with van der Waals surface area (Å²) in [5.74, 6) is 0. The van der Waals surface area contributed by atoms with Crippen LogP contribution in [0.25, 0.3) is 77.6 Å². The molecular formula is C56H40N2. The molecule has 11 rings (SSSR count). The lowest BCUT2D eigenvalue weighted by Gasteiger charge is -2.27. The summed E-state index contributed by atoms with van der Waals surface area (Å²) in [5.41, 5.74) is 15.8. The van der Waals surface area contributed by atoms with Gasteiger partial charge >= 0.3 is 0 Å². The molecule has 1 heterocycles. The Morgan fingerprint density at radius 3 is 1.86 bits per heavy atom. The van der Waals surface area contributed by atoms with Crippen molar-refractivity contribution in [3.63, 3.8) is 0 Å². The molecule has 274 valence electrons. The van der Waals surface area contributed by atoms with Gasteiger partial charge in [0, 0.05) is 33.8 Å². The van der Waals surface area contributed by atoms with Crippen LogP contribution in [0.1, 0.15) is 17.7 Å². The van der Waals surface area contributed by atoms with E-state index in [1.54, 1.807) is 0 Å². The highest BCUT2D eigenvalue weighted by Gasteiger charge is 2.22. The van der Waals surface area contributed by atoms with Gasteiger partial charge in [-0.15, -0.1) is 0 Å². The first-order valence-corrected chi connectivity index (χ1v) is 20.2. The topological polar surface area (TPSA) is 8.17 Å². The average Bonchev–Trinajstić information content (AvgIpc) is 3.65. The van der Waals surface area contributed by atoms with Crippen LogP contribution < -0.4 is 4.90 Å². The van der Waals surface area contributed by atoms with Crippen LogP contribution in [0.4, 0.5) is 17.1 Å². The third-order valence-electron chi connectivity index (χ3n) is 11.8. The second kappa shape index (κ2) is 14.3. The van der Waals surface area contributed by atoms with Gasteiger partial charge in [0.05, 0.1) is 5.52 Å². The Morgan fingerprint density at radius 2 is 1.03 bits per heavy atom. The number of aromatic nitrogens is 1. The van der Waals surface area contributed by atoms with Crippen LogP contribution in [0.2, 0.25) is 0 Å². The Balaban J connectivity index is 1.07. The normalized spacial score (nSPS) is 12.3. The van der Waals surface area contributed by atoms with Gasteiger partial charge in [0.2, 0.25) is 0 Å². The van der Waals surface area contributed by atoms with Crippen molar-refractivity contribution in [2.75, 3.05) is 4.90 Å². The van der Waals surface area contributed by atoms with E-state index >= 15 is 0 Å². The molecule has 0 saturated carbocycles. The maximum atomic E-state index is 2.44. The van der Waals surface area contributed by atoms with E-state index < -0.39 is 0 Å². The Labute approximate surface area is 339 Å². The SMILES string of the molecule is C1=Cc2c(c3c(-c4cccc(N(c5ccc(-c6ccccc6-c6ccccc6)cc5)c5ccc6c(ccc7ccccc76)c5)c4)cccc3n2-c2ccccc2)CC1. The van der Waals surface area contributed by atoms with Crippen LogP contribution >= 0.6 is 0 Å². The second-order valence-electron chi connectivity index (χ2n) is 15.2. The van der Waals surface area contributed by atoms with Crippen molar-refractivity contribution in [2.24, 2.45) is 0 Å². The summed E-state index contributed by atoms with van der Waals surface area (Å²) in [7, 11) is 0. The number of rotatable bonds is 7. The number of anilines is 3. The molecule has 2 nitrogen and oxygen atoms in total. The molecule has 0 unspecified atom stereocenters. The van der Waals surface area contributed by atoms with Crippen molar-refractivity contribution in [2.45, 2.75) is 12.8 Å². The quantitative estimate of drug-likeness (QED) is 0.148. The van der Waals surface area contributed by atoms with Gasteiger partial charge in [-0.25, -0.2) is 0 Å². The molecule has 0 saturated heterocycles. The number of benzene rings is 9. The van der Waals surface area contributed by atoms with E-state index in [0.717, 1.165) is 29.9 Å². The molecular weight excluding hydrogens is 701 g/mol. The van der Waals surface area contributed by atoms with E-state index in [4.69, 9.17) is 0 Å². The molecule has 9 aromatic carbocycles. The van der Waals surface area contributed by atoms with E-state index in [0.29, 0.717) is 0 Å². The monoisotopic (exact) mass is 740 g/mol. The Bertz CT molecular complexity index is 3150. The highest BCUT2D eigenvalue weighted by atomic mass is 15.1. The van der Waals surface area contributed by atoms with E-state index in [2.05, 4.69) is 228 Å². The van der Waals surface area contributed by atoms with E-state index in [9.17, 15) is 0 Å². The van der Waals surface area contributed by atoms with Crippen LogP contribution in [-0.2, 0) is 6.42 Å². The molecule has 10 aromatic rings. The van der Waals surface area contributed by atoms with Crippen LogP contribution in [0.3, 0.4) is 0 Å². The molecule has 2 heteroatoms. The summed E-state index contributed by atoms with van der Waals surface area (Å²) in [6.07, 6.45) is 6.71. The molecule has 1 aromatic heterocycles. The first kappa shape index (κ1) is 33.9. The summed E-state index contributed by atoms with van der Waals surface area (Å²) < 4.78 is 2.44. The number of para-hydroxylation sites is 1. The first-order chi connectivity index (χ1) is 28.8. The molecule has 0 N–H and O–H groups in total. The highest BCUT2D eigenvalue weighted by molar-refractivity contribution is 6.09. The fraction of sp³-hybridized carbons (Fsp3) is 0.0357. The maximum absolute atomic E-state index is 2.44. The van der Waals surface area contributed by atoms with Gasteiger partial charge in [0.15, 0.2) is 0 Å². The molecule has 0 bridgehead atoms. The predicted octanol–water partition coefficient (Wildman–Crippen LogP) is 15.4. The zero-order valence-electron chi connectivity index (χ0n) is 32.1. The van der Waals surface area contributed by atoms with Gasteiger partial charge in [0.1, 0.15) is 0 Å². The molecule has 0 spiro atoms. The Morgan fingerprint density at radius 1 is 0.414 bits per heavy atom. The van der Waals surface area contributed by atoms with Crippen molar-refractivity contribution >= 4 is 55.6 Å². The lowest BCUT2D eigenvalue weighted by atomic mass is 9.94. The van der Waals surface area contributed by atoms with Gasteiger partial charge in [-0.1, -0.05) is 158 Å². The van der Waals surface area contributed by atoms with E-state index in [1.807, 2.05) is 0 Å². The summed E-state index contributed by atoms with van der Waals surface area (Å²) in [6.45, 7) is 0. The molecule has 0 atom stereocenters.